The maximum atomic E-state index is 12.8. The van der Waals surface area contributed by atoms with Gasteiger partial charge in [-0.1, -0.05) is 56.3 Å². The molecule has 7 nitrogen and oxygen atoms in total. The van der Waals surface area contributed by atoms with Gasteiger partial charge in [-0.3, -0.25) is 19.4 Å². The highest BCUT2D eigenvalue weighted by Crippen LogP contribution is 2.19. The number of benzene rings is 2. The minimum atomic E-state index is 0.151. The average molecular weight is 490 g/mol. The largest absolute Gasteiger partial charge is 0.342 e. The molecule has 7 heteroatoms. The summed E-state index contributed by atoms with van der Waals surface area (Å²) in [7, 11) is 0. The highest BCUT2D eigenvalue weighted by Gasteiger charge is 2.23. The molecule has 0 aliphatic carbocycles. The van der Waals surface area contributed by atoms with E-state index < -0.39 is 0 Å². The summed E-state index contributed by atoms with van der Waals surface area (Å²) in [5.74, 6) is 1.40. The van der Waals surface area contributed by atoms with Crippen molar-refractivity contribution in [2.75, 3.05) is 45.8 Å². The van der Waals surface area contributed by atoms with E-state index in [1.165, 1.54) is 0 Å². The third-order valence-corrected chi connectivity index (χ3v) is 6.92. The Balaban J connectivity index is 1.37. The van der Waals surface area contributed by atoms with Crippen molar-refractivity contribution < 1.29 is 9.59 Å². The van der Waals surface area contributed by atoms with Gasteiger partial charge in [0.2, 0.25) is 5.91 Å². The molecule has 0 saturated carbocycles. The second kappa shape index (κ2) is 12.8. The lowest BCUT2D eigenvalue weighted by Gasteiger charge is -2.35. The number of aromatic nitrogens is 2. The van der Waals surface area contributed by atoms with Crippen LogP contribution in [0.15, 0.2) is 54.6 Å². The number of hydrogen-bond acceptors (Lipinski definition) is 5. The standard InChI is InChI=1S/C29H39N5O2/c1-3-15-33(16-4-2)29(36)23-32-20-18-31(19-21-32)22-28-30-25-12-8-9-13-26(25)34(28)17-14-27(35)24-10-6-5-7-11-24/h5-13H,3-4,14-23H2,1-2H3. The van der Waals surface area contributed by atoms with Crippen LogP contribution >= 0.6 is 0 Å². The zero-order valence-electron chi connectivity index (χ0n) is 21.7. The number of carbonyl (C=O) groups is 2. The van der Waals surface area contributed by atoms with E-state index >= 15 is 0 Å². The molecular weight excluding hydrogens is 450 g/mol. The summed E-state index contributed by atoms with van der Waals surface area (Å²) in [6.07, 6.45) is 2.44. The number of imidazole rings is 1. The van der Waals surface area contributed by atoms with E-state index in [0.717, 1.165) is 81.1 Å². The van der Waals surface area contributed by atoms with E-state index in [-0.39, 0.29) is 11.7 Å². The summed E-state index contributed by atoms with van der Waals surface area (Å²) in [4.78, 5) is 37.1. The van der Waals surface area contributed by atoms with E-state index in [1.807, 2.05) is 53.4 Å². The maximum absolute atomic E-state index is 12.8. The number of piperazine rings is 1. The number of Topliss-reactive ketones (excluding diaryl/α,β-unsaturated/α-hetero) is 1. The van der Waals surface area contributed by atoms with Crippen LogP contribution < -0.4 is 0 Å². The van der Waals surface area contributed by atoms with Crippen molar-refractivity contribution in [3.63, 3.8) is 0 Å². The Morgan fingerprint density at radius 3 is 2.19 bits per heavy atom. The van der Waals surface area contributed by atoms with Gasteiger partial charge in [-0.25, -0.2) is 4.98 Å². The van der Waals surface area contributed by atoms with E-state index in [1.54, 1.807) is 0 Å². The second-order valence-corrected chi connectivity index (χ2v) is 9.64. The Kier molecular flexibility index (Phi) is 9.25. The number of nitrogens with zero attached hydrogens (tertiary/aromatic N) is 5. The Morgan fingerprint density at radius 1 is 0.861 bits per heavy atom. The molecule has 192 valence electrons. The van der Waals surface area contributed by atoms with Crippen LogP contribution in [0.2, 0.25) is 0 Å². The molecule has 1 aliphatic rings. The molecule has 1 aliphatic heterocycles. The Bertz CT molecular complexity index is 1130. The van der Waals surface area contributed by atoms with Crippen LogP contribution in [0, 0.1) is 0 Å². The highest BCUT2D eigenvalue weighted by atomic mass is 16.2. The molecule has 1 fully saturated rings. The number of ketones is 1. The van der Waals surface area contributed by atoms with Gasteiger partial charge in [0.25, 0.3) is 0 Å². The van der Waals surface area contributed by atoms with Gasteiger partial charge in [-0.15, -0.1) is 0 Å². The number of amides is 1. The monoisotopic (exact) mass is 489 g/mol. The van der Waals surface area contributed by atoms with E-state index in [4.69, 9.17) is 4.98 Å². The molecule has 0 unspecified atom stereocenters. The van der Waals surface area contributed by atoms with Crippen LogP contribution in [0.4, 0.5) is 0 Å². The first-order valence-corrected chi connectivity index (χ1v) is 13.3. The Labute approximate surface area is 214 Å². The van der Waals surface area contributed by atoms with Crippen molar-refractivity contribution in [2.24, 2.45) is 0 Å². The van der Waals surface area contributed by atoms with E-state index in [9.17, 15) is 9.59 Å². The van der Waals surface area contributed by atoms with Gasteiger partial charge in [0.15, 0.2) is 5.78 Å². The van der Waals surface area contributed by atoms with Gasteiger partial charge in [-0.05, 0) is 25.0 Å². The molecule has 0 bridgehead atoms. The van der Waals surface area contributed by atoms with E-state index in [2.05, 4.69) is 34.3 Å². The van der Waals surface area contributed by atoms with Crippen LogP contribution in [-0.4, -0.2) is 81.8 Å². The first-order valence-electron chi connectivity index (χ1n) is 13.3. The summed E-state index contributed by atoms with van der Waals surface area (Å²) >= 11 is 0. The fraction of sp³-hybridized carbons (Fsp3) is 0.483. The van der Waals surface area contributed by atoms with Gasteiger partial charge in [0.1, 0.15) is 5.82 Å². The normalized spacial score (nSPS) is 14.8. The number of rotatable bonds is 12. The van der Waals surface area contributed by atoms with Crippen LogP contribution in [0.5, 0.6) is 0 Å². The molecule has 1 saturated heterocycles. The summed E-state index contributed by atoms with van der Waals surface area (Å²) in [5.41, 5.74) is 2.80. The van der Waals surface area contributed by atoms with Crippen LogP contribution in [-0.2, 0) is 17.9 Å². The SMILES string of the molecule is CCCN(CCC)C(=O)CN1CCN(Cc2nc3ccccc3n2CCC(=O)c2ccccc2)CC1. The minimum Gasteiger partial charge on any atom is -0.342 e. The number of para-hydroxylation sites is 2. The molecule has 0 N–H and O–H groups in total. The second-order valence-electron chi connectivity index (χ2n) is 9.64. The lowest BCUT2D eigenvalue weighted by Crippen LogP contribution is -2.50. The highest BCUT2D eigenvalue weighted by molar-refractivity contribution is 5.96. The zero-order valence-corrected chi connectivity index (χ0v) is 21.7. The minimum absolute atomic E-state index is 0.151. The molecule has 1 amide bonds. The summed E-state index contributed by atoms with van der Waals surface area (Å²) in [6, 6.07) is 17.7. The van der Waals surface area contributed by atoms with Gasteiger partial charge in [0.05, 0.1) is 24.1 Å². The Morgan fingerprint density at radius 2 is 1.50 bits per heavy atom. The molecule has 2 heterocycles. The van der Waals surface area contributed by atoms with Crippen molar-refractivity contribution in [3.8, 4) is 0 Å². The van der Waals surface area contributed by atoms with Crippen LogP contribution in [0.3, 0.4) is 0 Å². The Hall–Kier alpha value is -3.03. The predicted octanol–water partition coefficient (Wildman–Crippen LogP) is 4.08. The van der Waals surface area contributed by atoms with Crippen molar-refractivity contribution in [3.05, 3.63) is 66.0 Å². The van der Waals surface area contributed by atoms with E-state index in [0.29, 0.717) is 19.5 Å². The third kappa shape index (κ3) is 6.59. The number of aryl methyl sites for hydroxylation is 1. The summed E-state index contributed by atoms with van der Waals surface area (Å²) in [6.45, 7) is 11.4. The molecule has 1 aromatic heterocycles. The molecule has 0 atom stereocenters. The quantitative estimate of drug-likeness (QED) is 0.359. The van der Waals surface area contributed by atoms with Crippen molar-refractivity contribution in [2.45, 2.75) is 46.2 Å². The predicted molar refractivity (Wildman–Crippen MR) is 144 cm³/mol. The van der Waals surface area contributed by atoms with Gasteiger partial charge >= 0.3 is 0 Å². The lowest BCUT2D eigenvalue weighted by molar-refractivity contribution is -0.133. The van der Waals surface area contributed by atoms with Crippen LogP contribution in [0.1, 0.15) is 49.3 Å². The van der Waals surface area contributed by atoms with Crippen molar-refractivity contribution in [1.29, 1.82) is 0 Å². The smallest absolute Gasteiger partial charge is 0.236 e. The number of fused-ring (bicyclic) bond motifs is 1. The van der Waals surface area contributed by atoms with Crippen LogP contribution in [0.25, 0.3) is 11.0 Å². The topological polar surface area (TPSA) is 61.7 Å². The van der Waals surface area contributed by atoms with Gasteiger partial charge < -0.3 is 9.47 Å². The van der Waals surface area contributed by atoms with Crippen molar-refractivity contribution >= 4 is 22.7 Å². The number of hydrogen-bond donors (Lipinski definition) is 0. The van der Waals surface area contributed by atoms with Gasteiger partial charge in [-0.2, -0.15) is 0 Å². The summed E-state index contributed by atoms with van der Waals surface area (Å²) < 4.78 is 2.21. The first-order chi connectivity index (χ1) is 17.6. The lowest BCUT2D eigenvalue weighted by atomic mass is 10.1. The average Bonchev–Trinajstić information content (AvgIpc) is 3.25. The molecule has 0 spiro atoms. The zero-order chi connectivity index (χ0) is 25.3. The van der Waals surface area contributed by atoms with Crippen molar-refractivity contribution in [1.82, 2.24) is 24.3 Å². The molecule has 4 rings (SSSR count). The molecule has 36 heavy (non-hydrogen) atoms. The fourth-order valence-electron chi connectivity index (χ4n) is 4.98. The van der Waals surface area contributed by atoms with Gasteiger partial charge in [0, 0.05) is 57.8 Å². The maximum Gasteiger partial charge on any atom is 0.236 e. The fourth-order valence-corrected chi connectivity index (χ4v) is 4.98. The summed E-state index contributed by atoms with van der Waals surface area (Å²) in [5, 5.41) is 0. The molecule has 0 radical (unpaired) electrons. The molecular formula is C29H39N5O2. The molecule has 3 aromatic rings. The molecule has 2 aromatic carbocycles. The third-order valence-electron chi connectivity index (χ3n) is 6.92. The first kappa shape index (κ1) is 26.0. The number of carbonyl (C=O) groups excluding carboxylic acids is 2.